The van der Waals surface area contributed by atoms with Crippen molar-refractivity contribution in [3.63, 3.8) is 0 Å². The van der Waals surface area contributed by atoms with Crippen LogP contribution >= 0.6 is 0 Å². The second-order valence-electron chi connectivity index (χ2n) is 18.5. The van der Waals surface area contributed by atoms with E-state index >= 15 is 0 Å². The molecule has 0 aromatic heterocycles. The van der Waals surface area contributed by atoms with E-state index in [2.05, 4.69) is 16.0 Å². The number of nitrogens with zero attached hydrogens (tertiary/aromatic N) is 10. The fourth-order valence-electron chi connectivity index (χ4n) is 7.24. The Morgan fingerprint density at radius 2 is 0.824 bits per heavy atom. The number of amides is 8. The van der Waals surface area contributed by atoms with Crippen LogP contribution in [0.15, 0.2) is 0 Å². The van der Waals surface area contributed by atoms with Gasteiger partial charge in [0, 0.05) is 101 Å². The summed E-state index contributed by atoms with van der Waals surface area (Å²) in [4.78, 5) is 162. The van der Waals surface area contributed by atoms with Gasteiger partial charge in [0.1, 0.15) is 0 Å². The zero-order chi connectivity index (χ0) is 56.2. The van der Waals surface area contributed by atoms with Gasteiger partial charge >= 0.3 is 17.9 Å². The number of rotatable bonds is 31. The summed E-state index contributed by atoms with van der Waals surface area (Å²) >= 11 is 0. The van der Waals surface area contributed by atoms with Gasteiger partial charge in [-0.2, -0.15) is 0 Å². The molecule has 29 heteroatoms. The summed E-state index contributed by atoms with van der Waals surface area (Å²) in [5.74, 6) is -7.90. The average molecular weight is 1060 g/mol. The molecule has 0 aliphatic carbocycles. The molecule has 0 radical (unpaired) electrons. The van der Waals surface area contributed by atoms with Gasteiger partial charge in [-0.25, -0.2) is 0 Å². The van der Waals surface area contributed by atoms with E-state index in [0.29, 0.717) is 12.8 Å². The number of carboxylic acids is 3. The van der Waals surface area contributed by atoms with Crippen molar-refractivity contribution >= 4 is 70.9 Å². The summed E-state index contributed by atoms with van der Waals surface area (Å²) in [5, 5.41) is 36.7. The molecule has 0 bridgehead atoms. The van der Waals surface area contributed by atoms with Crippen LogP contribution in [0.3, 0.4) is 0 Å². The average Bonchev–Trinajstić information content (AvgIpc) is 3.31. The minimum absolute atomic E-state index is 0.0698. The smallest absolute Gasteiger partial charge is 0.317 e. The number of nitrogens with two attached hydrogens (primary N) is 1. The number of aliphatic carboxylic acids is 3. The van der Waals surface area contributed by atoms with Crippen LogP contribution in [-0.2, 0) is 57.5 Å². The highest BCUT2D eigenvalue weighted by Crippen LogP contribution is 2.05. The molecule has 29 nitrogen and oxygen atoms in total. The van der Waals surface area contributed by atoms with Gasteiger partial charge in [0.25, 0.3) is 0 Å². The van der Waals surface area contributed by atoms with Crippen LogP contribution in [0.4, 0.5) is 0 Å². The van der Waals surface area contributed by atoms with E-state index in [4.69, 9.17) is 5.73 Å². The number of hydrogen-bond donors (Lipinski definition) is 7. The van der Waals surface area contributed by atoms with Crippen LogP contribution in [-0.4, -0.2) is 328 Å². The predicted molar refractivity (Wildman–Crippen MR) is 266 cm³/mol. The normalized spacial score (nSPS) is 15.0. The van der Waals surface area contributed by atoms with Crippen molar-refractivity contribution in [1.29, 1.82) is 0 Å². The van der Waals surface area contributed by atoms with Gasteiger partial charge in [-0.15, -0.1) is 0 Å². The monoisotopic (exact) mass is 1060 g/mol. The maximum absolute atomic E-state index is 13.0. The Hall–Kier alpha value is -6.40. The summed E-state index contributed by atoms with van der Waals surface area (Å²) in [7, 11) is 9.85. The standard InChI is InChI=1S/C45H80N14O15/c1-32(47-2)45(74)55(8)28-40(66)54(7)27-39(65)53(6)26-38(64)52(5)25-37(63)51(4)24-36(62)50(3)22-33(60)21-49-34(44(46)73)11-9-10-12-48-35(61)23-56-13-15-57(29-41(67)68)17-19-59(31-43(71)72)20-18-58(16-14-56)30-42(69)70/h32,34,47,49H,9-31H2,1-8H3,(H2,46,73)(H,48,61)(H,67,68)(H,69,70)(H,71,72)/t32-,34-/m0/s1. The highest BCUT2D eigenvalue weighted by Gasteiger charge is 2.26. The van der Waals surface area contributed by atoms with Gasteiger partial charge in [-0.3, -0.25) is 82.5 Å². The Kier molecular flexibility index (Phi) is 30.3. The number of Topliss-reactive ketones (excluding diaryl/α,β-unsaturated/α-hetero) is 1. The molecule has 420 valence electrons. The van der Waals surface area contributed by atoms with E-state index in [1.807, 2.05) is 0 Å². The second kappa shape index (κ2) is 34.2. The van der Waals surface area contributed by atoms with Crippen molar-refractivity contribution in [2.24, 2.45) is 5.73 Å². The Balaban J connectivity index is 2.59. The molecule has 0 aromatic rings. The molecule has 0 aromatic carbocycles. The molecule has 74 heavy (non-hydrogen) atoms. The molecular weight excluding hydrogens is 977 g/mol. The topological polar surface area (TPSA) is 360 Å². The van der Waals surface area contributed by atoms with E-state index < -0.39 is 90.9 Å². The lowest BCUT2D eigenvalue weighted by molar-refractivity contribution is -0.145. The molecular formula is C45H80N14O15. The fraction of sp³-hybridized carbons (Fsp3) is 0.733. The summed E-state index contributed by atoms with van der Waals surface area (Å²) in [6.07, 6.45) is 1.07. The van der Waals surface area contributed by atoms with Gasteiger partial charge in [0.15, 0.2) is 5.78 Å². The number of unbranched alkanes of at least 4 members (excludes halogenated alkanes) is 1. The number of carbonyl (C=O) groups excluding carboxylic acids is 9. The van der Waals surface area contributed by atoms with Crippen LogP contribution in [0, 0.1) is 0 Å². The molecule has 1 fully saturated rings. The number of carbonyl (C=O) groups is 12. The summed E-state index contributed by atoms with van der Waals surface area (Å²) in [6, 6.07) is -1.42. The first-order valence-electron chi connectivity index (χ1n) is 24.1. The number of carboxylic acid groups (broad SMARTS) is 3. The second-order valence-corrected chi connectivity index (χ2v) is 18.5. The number of likely N-dealkylation sites (N-methyl/N-ethyl adjacent to an activating group) is 7. The van der Waals surface area contributed by atoms with E-state index in [9.17, 15) is 72.9 Å². The fourth-order valence-corrected chi connectivity index (χ4v) is 7.24. The van der Waals surface area contributed by atoms with Gasteiger partial charge in [-0.05, 0) is 33.2 Å². The third-order valence-corrected chi connectivity index (χ3v) is 12.1. The minimum atomic E-state index is -1.07. The SMILES string of the molecule is CN[C@@H](C)C(=O)N(C)CC(=O)N(C)CC(=O)N(C)CC(=O)N(C)CC(=O)N(C)CC(=O)N(C)CC(=O)CN[C@@H](CCCCNC(=O)CN1CCN(CC(=O)O)CCN(CC(=O)O)CCN(CC(=O)O)CC1)C(N)=O. The van der Waals surface area contributed by atoms with Crippen LogP contribution in [0.25, 0.3) is 0 Å². The van der Waals surface area contributed by atoms with Crippen molar-refractivity contribution in [3.05, 3.63) is 0 Å². The summed E-state index contributed by atoms with van der Waals surface area (Å²) in [5.41, 5.74) is 5.58. The van der Waals surface area contributed by atoms with Crippen LogP contribution < -0.4 is 21.7 Å². The van der Waals surface area contributed by atoms with Gasteiger partial charge in [0.05, 0.1) is 84.1 Å². The Morgan fingerprint density at radius 3 is 1.15 bits per heavy atom. The van der Waals surface area contributed by atoms with Crippen molar-refractivity contribution in [2.75, 3.05) is 180 Å². The van der Waals surface area contributed by atoms with Crippen LogP contribution in [0.5, 0.6) is 0 Å². The number of ketones is 1. The van der Waals surface area contributed by atoms with Crippen molar-refractivity contribution < 1.29 is 72.9 Å². The Morgan fingerprint density at radius 1 is 0.500 bits per heavy atom. The molecule has 0 spiro atoms. The zero-order valence-electron chi connectivity index (χ0n) is 44.2. The largest absolute Gasteiger partial charge is 0.480 e. The molecule has 1 rings (SSSR count). The Labute approximate surface area is 432 Å². The summed E-state index contributed by atoms with van der Waals surface area (Å²) < 4.78 is 0. The van der Waals surface area contributed by atoms with Crippen LogP contribution in [0.2, 0.25) is 0 Å². The van der Waals surface area contributed by atoms with Crippen LogP contribution in [0.1, 0.15) is 26.2 Å². The number of nitrogens with one attached hydrogen (secondary N) is 3. The molecule has 8 amide bonds. The third-order valence-electron chi connectivity index (χ3n) is 12.1. The lowest BCUT2D eigenvalue weighted by Crippen LogP contribution is -2.49. The highest BCUT2D eigenvalue weighted by atomic mass is 16.4. The third kappa shape index (κ3) is 27.1. The quantitative estimate of drug-likeness (QED) is 0.0317. The minimum Gasteiger partial charge on any atom is -0.480 e. The van der Waals surface area contributed by atoms with Crippen molar-refractivity contribution in [1.82, 2.24) is 64.9 Å². The first kappa shape index (κ1) is 65.6. The van der Waals surface area contributed by atoms with E-state index in [1.165, 1.54) is 47.2 Å². The van der Waals surface area contributed by atoms with E-state index in [0.717, 1.165) is 24.5 Å². The molecule has 1 heterocycles. The molecule has 1 aliphatic heterocycles. The maximum Gasteiger partial charge on any atom is 0.317 e. The first-order valence-corrected chi connectivity index (χ1v) is 24.1. The molecule has 2 atom stereocenters. The Bertz CT molecular complexity index is 1910. The summed E-state index contributed by atoms with van der Waals surface area (Å²) in [6.45, 7) is 0.318. The number of primary amides is 1. The predicted octanol–water partition coefficient (Wildman–Crippen LogP) is -6.88. The van der Waals surface area contributed by atoms with E-state index in [-0.39, 0.29) is 129 Å². The lowest BCUT2D eigenvalue weighted by atomic mass is 10.1. The van der Waals surface area contributed by atoms with Gasteiger partial charge in [0.2, 0.25) is 47.3 Å². The highest BCUT2D eigenvalue weighted by molar-refractivity contribution is 5.93. The molecule has 0 saturated carbocycles. The van der Waals surface area contributed by atoms with Crippen molar-refractivity contribution in [3.8, 4) is 0 Å². The van der Waals surface area contributed by atoms with E-state index in [1.54, 1.807) is 33.6 Å². The maximum atomic E-state index is 13.0. The molecule has 8 N–H and O–H groups in total. The number of hydrogen-bond acceptors (Lipinski definition) is 18. The molecule has 0 unspecified atom stereocenters. The zero-order valence-corrected chi connectivity index (χ0v) is 44.2. The van der Waals surface area contributed by atoms with Crippen molar-refractivity contribution in [2.45, 2.75) is 38.3 Å². The lowest BCUT2D eigenvalue weighted by Gasteiger charge is -2.32. The first-order chi connectivity index (χ1) is 34.6. The molecule has 1 saturated heterocycles. The van der Waals surface area contributed by atoms with Gasteiger partial charge < -0.3 is 61.1 Å². The van der Waals surface area contributed by atoms with Gasteiger partial charge in [-0.1, -0.05) is 0 Å². The molecule has 1 aliphatic rings.